The van der Waals surface area contributed by atoms with E-state index in [1.54, 1.807) is 0 Å². The number of nitrogens with one attached hydrogen (secondary N) is 1. The number of carbonyl (C=O) groups excluding carboxylic acids is 1. The van der Waals surface area contributed by atoms with Crippen molar-refractivity contribution in [1.82, 2.24) is 5.32 Å². The average Bonchev–Trinajstić information content (AvgIpc) is 2.03. The monoisotopic (exact) mass is 251 g/mol. The Bertz CT molecular complexity index is 165. The second-order valence-corrected chi connectivity index (χ2v) is 4.99. The number of hydrogen-bond acceptors (Lipinski definition) is 2. The second kappa shape index (κ2) is 4.51. The minimum atomic E-state index is 0.0929. The predicted molar refractivity (Wildman–Crippen MR) is 56.9 cm³/mol. The van der Waals surface area contributed by atoms with Gasteiger partial charge in [-0.2, -0.15) is 11.8 Å². The zero-order valence-electron chi connectivity index (χ0n) is 7.23. The van der Waals surface area contributed by atoms with Crippen LogP contribution in [0.15, 0.2) is 0 Å². The number of alkyl halides is 1. The lowest BCUT2D eigenvalue weighted by Gasteiger charge is -2.40. The van der Waals surface area contributed by atoms with Crippen LogP contribution < -0.4 is 5.32 Å². The van der Waals surface area contributed by atoms with Gasteiger partial charge in [0.15, 0.2) is 0 Å². The summed E-state index contributed by atoms with van der Waals surface area (Å²) in [7, 11) is 0. The molecule has 0 aromatic heterocycles. The zero-order valence-corrected chi connectivity index (χ0v) is 9.63. The van der Waals surface area contributed by atoms with Gasteiger partial charge in [0.25, 0.3) is 0 Å². The second-order valence-electron chi connectivity index (χ2n) is 3.15. The molecule has 0 aromatic rings. The van der Waals surface area contributed by atoms with Crippen molar-refractivity contribution in [2.45, 2.75) is 24.0 Å². The molecular formula is C8H14BrNOS. The molecule has 0 radical (unpaired) electrons. The molecular weight excluding hydrogens is 238 g/mol. The summed E-state index contributed by atoms with van der Waals surface area (Å²) in [4.78, 5) is 10.9. The first kappa shape index (κ1) is 10.4. The molecule has 0 aromatic carbocycles. The van der Waals surface area contributed by atoms with Crippen molar-refractivity contribution < 1.29 is 4.79 Å². The molecule has 0 spiro atoms. The SMILES string of the molecule is CSC1(CNC(=O)CBr)CCC1. The maximum Gasteiger partial charge on any atom is 0.230 e. The van der Waals surface area contributed by atoms with Gasteiger partial charge in [-0.25, -0.2) is 0 Å². The van der Waals surface area contributed by atoms with Crippen LogP contribution in [0.1, 0.15) is 19.3 Å². The molecule has 4 heteroatoms. The third-order valence-corrected chi connectivity index (χ3v) is 4.35. The van der Waals surface area contributed by atoms with E-state index in [1.165, 1.54) is 19.3 Å². The van der Waals surface area contributed by atoms with Crippen LogP contribution in [0.3, 0.4) is 0 Å². The Morgan fingerprint density at radius 3 is 2.67 bits per heavy atom. The van der Waals surface area contributed by atoms with Gasteiger partial charge in [0.05, 0.1) is 5.33 Å². The van der Waals surface area contributed by atoms with E-state index >= 15 is 0 Å². The smallest absolute Gasteiger partial charge is 0.230 e. The van der Waals surface area contributed by atoms with Crippen LogP contribution in [-0.2, 0) is 4.79 Å². The van der Waals surface area contributed by atoms with Crippen LogP contribution in [-0.4, -0.2) is 28.8 Å². The van der Waals surface area contributed by atoms with Crippen molar-refractivity contribution in [3.8, 4) is 0 Å². The summed E-state index contributed by atoms with van der Waals surface area (Å²) in [5.74, 6) is 0.0929. The largest absolute Gasteiger partial charge is 0.354 e. The lowest BCUT2D eigenvalue weighted by Crippen LogP contribution is -2.45. The van der Waals surface area contributed by atoms with Crippen LogP contribution in [0.4, 0.5) is 0 Å². The Morgan fingerprint density at radius 2 is 2.33 bits per heavy atom. The summed E-state index contributed by atoms with van der Waals surface area (Å²) >= 11 is 5.01. The van der Waals surface area contributed by atoms with Gasteiger partial charge in [0.2, 0.25) is 5.91 Å². The first-order chi connectivity index (χ1) is 5.72. The molecule has 1 aliphatic carbocycles. The molecule has 12 heavy (non-hydrogen) atoms. The van der Waals surface area contributed by atoms with Gasteiger partial charge < -0.3 is 5.32 Å². The van der Waals surface area contributed by atoms with Crippen LogP contribution >= 0.6 is 27.7 Å². The maximum atomic E-state index is 10.9. The summed E-state index contributed by atoms with van der Waals surface area (Å²) < 4.78 is 0.359. The molecule has 1 saturated carbocycles. The molecule has 1 N–H and O–H groups in total. The summed E-state index contributed by atoms with van der Waals surface area (Å²) in [6.07, 6.45) is 5.93. The number of rotatable bonds is 4. The van der Waals surface area contributed by atoms with E-state index in [-0.39, 0.29) is 5.91 Å². The van der Waals surface area contributed by atoms with E-state index in [0.717, 1.165) is 6.54 Å². The molecule has 0 aliphatic heterocycles. The van der Waals surface area contributed by atoms with Crippen molar-refractivity contribution in [3.63, 3.8) is 0 Å². The fraction of sp³-hybridized carbons (Fsp3) is 0.875. The summed E-state index contributed by atoms with van der Waals surface area (Å²) in [6.45, 7) is 0.832. The molecule has 1 fully saturated rings. The number of hydrogen-bond donors (Lipinski definition) is 1. The molecule has 1 amide bonds. The first-order valence-electron chi connectivity index (χ1n) is 4.10. The molecule has 0 saturated heterocycles. The minimum absolute atomic E-state index is 0.0929. The molecule has 0 heterocycles. The lowest BCUT2D eigenvalue weighted by molar-refractivity contribution is -0.118. The molecule has 0 unspecified atom stereocenters. The standard InChI is InChI=1S/C8H14BrNOS/c1-12-8(3-2-4-8)6-10-7(11)5-9/h2-6H2,1H3,(H,10,11). The molecule has 70 valence electrons. The third-order valence-electron chi connectivity index (χ3n) is 2.43. The highest BCUT2D eigenvalue weighted by atomic mass is 79.9. The van der Waals surface area contributed by atoms with Gasteiger partial charge >= 0.3 is 0 Å². The summed E-state index contributed by atoms with van der Waals surface area (Å²) in [5, 5.41) is 3.33. The Kier molecular flexibility index (Phi) is 3.90. The van der Waals surface area contributed by atoms with Crippen molar-refractivity contribution in [1.29, 1.82) is 0 Å². The molecule has 1 rings (SSSR count). The van der Waals surface area contributed by atoms with Gasteiger partial charge in [0, 0.05) is 11.3 Å². The van der Waals surface area contributed by atoms with Gasteiger partial charge in [-0.3, -0.25) is 4.79 Å². The highest BCUT2D eigenvalue weighted by Gasteiger charge is 2.36. The van der Waals surface area contributed by atoms with E-state index in [0.29, 0.717) is 10.1 Å². The Hall–Kier alpha value is 0.300. The fourth-order valence-corrected chi connectivity index (χ4v) is 2.44. The van der Waals surface area contributed by atoms with E-state index in [9.17, 15) is 4.79 Å². The lowest BCUT2D eigenvalue weighted by atomic mass is 9.84. The molecule has 0 bridgehead atoms. The van der Waals surface area contributed by atoms with Crippen LogP contribution in [0, 0.1) is 0 Å². The zero-order chi connectivity index (χ0) is 9.03. The van der Waals surface area contributed by atoms with Crippen molar-refractivity contribution in [2.24, 2.45) is 0 Å². The normalized spacial score (nSPS) is 19.8. The van der Waals surface area contributed by atoms with Gasteiger partial charge in [-0.05, 0) is 19.1 Å². The topological polar surface area (TPSA) is 29.1 Å². The van der Waals surface area contributed by atoms with Gasteiger partial charge in [0.1, 0.15) is 0 Å². The van der Waals surface area contributed by atoms with Crippen molar-refractivity contribution in [2.75, 3.05) is 18.1 Å². The quantitative estimate of drug-likeness (QED) is 0.773. The third kappa shape index (κ3) is 2.39. The Balaban J connectivity index is 2.24. The summed E-state index contributed by atoms with van der Waals surface area (Å²) in [5.41, 5.74) is 0. The van der Waals surface area contributed by atoms with Crippen LogP contribution in [0.5, 0.6) is 0 Å². The summed E-state index contributed by atoms with van der Waals surface area (Å²) in [6, 6.07) is 0. The van der Waals surface area contributed by atoms with Crippen molar-refractivity contribution in [3.05, 3.63) is 0 Å². The fourth-order valence-electron chi connectivity index (χ4n) is 1.33. The minimum Gasteiger partial charge on any atom is -0.354 e. The van der Waals surface area contributed by atoms with E-state index in [4.69, 9.17) is 0 Å². The average molecular weight is 252 g/mol. The Labute approximate surface area is 86.0 Å². The van der Waals surface area contributed by atoms with E-state index < -0.39 is 0 Å². The number of halogens is 1. The van der Waals surface area contributed by atoms with Gasteiger partial charge in [-0.15, -0.1) is 0 Å². The van der Waals surface area contributed by atoms with Crippen molar-refractivity contribution >= 4 is 33.6 Å². The molecule has 1 aliphatic rings. The molecule has 2 nitrogen and oxygen atoms in total. The van der Waals surface area contributed by atoms with E-state index in [1.807, 2.05) is 11.8 Å². The maximum absolute atomic E-state index is 10.9. The first-order valence-corrected chi connectivity index (χ1v) is 6.45. The van der Waals surface area contributed by atoms with Gasteiger partial charge in [-0.1, -0.05) is 22.4 Å². The van der Waals surface area contributed by atoms with Crippen LogP contribution in [0.2, 0.25) is 0 Å². The highest BCUT2D eigenvalue weighted by Crippen LogP contribution is 2.42. The van der Waals surface area contributed by atoms with Crippen LogP contribution in [0.25, 0.3) is 0 Å². The Morgan fingerprint density at radius 1 is 1.67 bits per heavy atom. The highest BCUT2D eigenvalue weighted by molar-refractivity contribution is 9.09. The number of amides is 1. The number of thioether (sulfide) groups is 1. The molecule has 0 atom stereocenters. The van der Waals surface area contributed by atoms with E-state index in [2.05, 4.69) is 27.5 Å². The number of carbonyl (C=O) groups is 1. The predicted octanol–water partition coefficient (Wildman–Crippen LogP) is 1.78.